The smallest absolute Gasteiger partial charge is 0.214 e. The number of hydrogen-bond acceptors (Lipinski definition) is 3. The summed E-state index contributed by atoms with van der Waals surface area (Å²) in [7, 11) is 2.13. The Morgan fingerprint density at radius 1 is 1.30 bits per heavy atom. The molecule has 20 heavy (non-hydrogen) atoms. The number of aromatic nitrogens is 1. The number of hydrogen-bond donors (Lipinski definition) is 1. The molecule has 0 unspecified atom stereocenters. The van der Waals surface area contributed by atoms with E-state index in [1.165, 1.54) is 29.3 Å². The maximum Gasteiger partial charge on any atom is 0.214 e. The number of nitrogens with one attached hydrogen (secondary N) is 1. The van der Waals surface area contributed by atoms with Crippen LogP contribution in [-0.2, 0) is 13.0 Å². The lowest BCUT2D eigenvalue weighted by molar-refractivity contribution is 0.585. The molecule has 3 rings (SSSR count). The Hall–Kier alpha value is -2.10. The summed E-state index contributed by atoms with van der Waals surface area (Å²) in [6.45, 7) is 1.78. The molecule has 2 aromatic rings. The molecule has 1 aliphatic rings. The minimum Gasteiger partial charge on any atom is -0.374 e. The van der Waals surface area contributed by atoms with E-state index in [1.54, 1.807) is 12.1 Å². The van der Waals surface area contributed by atoms with E-state index in [0.29, 0.717) is 12.4 Å². The van der Waals surface area contributed by atoms with Crippen LogP contribution in [0.15, 0.2) is 36.4 Å². The zero-order valence-corrected chi connectivity index (χ0v) is 11.6. The molecule has 4 heteroatoms. The van der Waals surface area contributed by atoms with Gasteiger partial charge in [-0.15, -0.1) is 0 Å². The summed E-state index contributed by atoms with van der Waals surface area (Å²) in [6, 6.07) is 11.3. The fourth-order valence-electron chi connectivity index (χ4n) is 2.65. The summed E-state index contributed by atoms with van der Waals surface area (Å²) in [6.07, 6.45) is 2.33. The zero-order valence-electron chi connectivity index (χ0n) is 11.6. The molecule has 0 fully saturated rings. The van der Waals surface area contributed by atoms with Crippen molar-refractivity contribution in [2.24, 2.45) is 0 Å². The molecule has 0 saturated heterocycles. The minimum atomic E-state index is -0.456. The third-order valence-electron chi connectivity index (χ3n) is 3.68. The van der Waals surface area contributed by atoms with Crippen molar-refractivity contribution in [1.29, 1.82) is 0 Å². The van der Waals surface area contributed by atoms with Gasteiger partial charge in [0.2, 0.25) is 5.95 Å². The molecule has 0 bridgehead atoms. The van der Waals surface area contributed by atoms with Crippen LogP contribution in [0.2, 0.25) is 0 Å². The summed E-state index contributed by atoms with van der Waals surface area (Å²) in [5, 5.41) is 3.16. The van der Waals surface area contributed by atoms with Gasteiger partial charge in [0.1, 0.15) is 5.82 Å². The van der Waals surface area contributed by atoms with E-state index in [4.69, 9.17) is 0 Å². The predicted molar refractivity (Wildman–Crippen MR) is 79.6 cm³/mol. The van der Waals surface area contributed by atoms with Crippen molar-refractivity contribution in [2.45, 2.75) is 19.4 Å². The van der Waals surface area contributed by atoms with E-state index in [-0.39, 0.29) is 0 Å². The van der Waals surface area contributed by atoms with E-state index in [1.807, 2.05) is 0 Å². The number of pyridine rings is 1. The largest absolute Gasteiger partial charge is 0.374 e. The van der Waals surface area contributed by atoms with Gasteiger partial charge in [-0.2, -0.15) is 4.39 Å². The molecular weight excluding hydrogens is 253 g/mol. The van der Waals surface area contributed by atoms with Gasteiger partial charge in [-0.3, -0.25) is 0 Å². The summed E-state index contributed by atoms with van der Waals surface area (Å²) in [5.74, 6) is 0.113. The average Bonchev–Trinajstić information content (AvgIpc) is 2.45. The zero-order chi connectivity index (χ0) is 13.9. The van der Waals surface area contributed by atoms with Gasteiger partial charge in [0.25, 0.3) is 0 Å². The average molecular weight is 271 g/mol. The van der Waals surface area contributed by atoms with Crippen molar-refractivity contribution < 1.29 is 4.39 Å². The van der Waals surface area contributed by atoms with Crippen LogP contribution in [0.25, 0.3) is 0 Å². The minimum absolute atomic E-state index is 0.456. The standard InChI is InChI=1S/C16H18FN3/c1-20-9-3-4-13-10-12(7-8-14(13)20)11-18-16-6-2-5-15(17)19-16/h2,5-8,10H,3-4,9,11H2,1H3,(H,18,19). The number of aryl methyl sites for hydroxylation is 1. The Morgan fingerprint density at radius 2 is 2.20 bits per heavy atom. The third-order valence-corrected chi connectivity index (χ3v) is 3.68. The van der Waals surface area contributed by atoms with E-state index in [0.717, 1.165) is 13.0 Å². The first-order chi connectivity index (χ1) is 9.72. The number of halogens is 1. The topological polar surface area (TPSA) is 28.2 Å². The fraction of sp³-hybridized carbons (Fsp3) is 0.312. The monoisotopic (exact) mass is 271 g/mol. The van der Waals surface area contributed by atoms with Crippen LogP contribution in [-0.4, -0.2) is 18.6 Å². The molecule has 1 N–H and O–H groups in total. The first-order valence-corrected chi connectivity index (χ1v) is 6.92. The Balaban J connectivity index is 1.72. The maximum absolute atomic E-state index is 13.0. The van der Waals surface area contributed by atoms with Crippen LogP contribution < -0.4 is 10.2 Å². The van der Waals surface area contributed by atoms with Gasteiger partial charge in [0.05, 0.1) is 0 Å². The quantitative estimate of drug-likeness (QED) is 0.869. The maximum atomic E-state index is 13.0. The lowest BCUT2D eigenvalue weighted by Crippen LogP contribution is -2.24. The van der Waals surface area contributed by atoms with Crippen molar-refractivity contribution >= 4 is 11.5 Å². The highest BCUT2D eigenvalue weighted by Crippen LogP contribution is 2.26. The van der Waals surface area contributed by atoms with Crippen molar-refractivity contribution in [3.8, 4) is 0 Å². The van der Waals surface area contributed by atoms with Crippen molar-refractivity contribution in [3.05, 3.63) is 53.5 Å². The molecule has 104 valence electrons. The molecular formula is C16H18FN3. The second kappa shape index (κ2) is 5.49. The Morgan fingerprint density at radius 3 is 3.05 bits per heavy atom. The molecule has 0 aliphatic carbocycles. The Labute approximate surface area is 118 Å². The molecule has 2 heterocycles. The molecule has 0 spiro atoms. The number of benzene rings is 1. The number of anilines is 2. The van der Waals surface area contributed by atoms with Crippen LogP contribution in [0.5, 0.6) is 0 Å². The van der Waals surface area contributed by atoms with Gasteiger partial charge in [0.15, 0.2) is 0 Å². The van der Waals surface area contributed by atoms with E-state index in [2.05, 4.69) is 40.4 Å². The number of fused-ring (bicyclic) bond motifs is 1. The summed E-state index contributed by atoms with van der Waals surface area (Å²) >= 11 is 0. The van der Waals surface area contributed by atoms with Gasteiger partial charge < -0.3 is 10.2 Å². The van der Waals surface area contributed by atoms with E-state index >= 15 is 0 Å². The van der Waals surface area contributed by atoms with Crippen molar-refractivity contribution in [3.63, 3.8) is 0 Å². The highest BCUT2D eigenvalue weighted by atomic mass is 19.1. The lowest BCUT2D eigenvalue weighted by atomic mass is 9.99. The first-order valence-electron chi connectivity index (χ1n) is 6.92. The predicted octanol–water partition coefficient (Wildman–Crippen LogP) is 3.22. The Kier molecular flexibility index (Phi) is 3.54. The van der Waals surface area contributed by atoms with E-state index in [9.17, 15) is 4.39 Å². The number of rotatable bonds is 3. The second-order valence-electron chi connectivity index (χ2n) is 5.19. The fourth-order valence-corrected chi connectivity index (χ4v) is 2.65. The summed E-state index contributed by atoms with van der Waals surface area (Å²) in [4.78, 5) is 6.10. The van der Waals surface area contributed by atoms with Gasteiger partial charge in [-0.25, -0.2) is 4.98 Å². The first kappa shape index (κ1) is 12.9. The van der Waals surface area contributed by atoms with Crippen molar-refractivity contribution in [1.82, 2.24) is 4.98 Å². The van der Waals surface area contributed by atoms with Crippen LogP contribution in [0, 0.1) is 5.95 Å². The van der Waals surface area contributed by atoms with Gasteiger partial charge in [0, 0.05) is 25.8 Å². The SMILES string of the molecule is CN1CCCc2cc(CNc3cccc(F)n3)ccc21. The lowest BCUT2D eigenvalue weighted by Gasteiger charge is -2.27. The van der Waals surface area contributed by atoms with Gasteiger partial charge >= 0.3 is 0 Å². The second-order valence-corrected chi connectivity index (χ2v) is 5.19. The molecule has 0 amide bonds. The van der Waals surface area contributed by atoms with Crippen LogP contribution in [0.4, 0.5) is 15.9 Å². The van der Waals surface area contributed by atoms with Crippen LogP contribution in [0.3, 0.4) is 0 Å². The van der Waals surface area contributed by atoms with Crippen LogP contribution >= 0.6 is 0 Å². The molecule has 1 aromatic carbocycles. The van der Waals surface area contributed by atoms with Gasteiger partial charge in [-0.1, -0.05) is 18.2 Å². The molecule has 0 atom stereocenters. The van der Waals surface area contributed by atoms with E-state index < -0.39 is 5.95 Å². The Bertz CT molecular complexity index is 612. The summed E-state index contributed by atoms with van der Waals surface area (Å²) < 4.78 is 13.0. The highest BCUT2D eigenvalue weighted by molar-refractivity contribution is 5.56. The molecule has 0 saturated carbocycles. The molecule has 0 radical (unpaired) electrons. The molecule has 1 aromatic heterocycles. The third kappa shape index (κ3) is 2.74. The molecule has 1 aliphatic heterocycles. The summed E-state index contributed by atoms with van der Waals surface area (Å²) in [5.41, 5.74) is 3.92. The van der Waals surface area contributed by atoms with Crippen LogP contribution in [0.1, 0.15) is 17.5 Å². The highest BCUT2D eigenvalue weighted by Gasteiger charge is 2.13. The number of nitrogens with zero attached hydrogens (tertiary/aromatic N) is 2. The normalized spacial score (nSPS) is 14.0. The van der Waals surface area contributed by atoms with Crippen molar-refractivity contribution in [2.75, 3.05) is 23.8 Å². The molecule has 3 nitrogen and oxygen atoms in total. The van der Waals surface area contributed by atoms with Gasteiger partial charge in [-0.05, 0) is 42.2 Å².